The Morgan fingerprint density at radius 2 is 1.92 bits per heavy atom. The third-order valence-corrected chi connectivity index (χ3v) is 5.97. The molecule has 0 aliphatic rings. The van der Waals surface area contributed by atoms with Crippen LogP contribution in [0.25, 0.3) is 55.8 Å². The number of pyridine rings is 4. The van der Waals surface area contributed by atoms with Gasteiger partial charge in [0.05, 0.1) is 34.6 Å². The van der Waals surface area contributed by atoms with E-state index in [0.717, 1.165) is 68.7 Å². The summed E-state index contributed by atoms with van der Waals surface area (Å²) in [7, 11) is 0. The van der Waals surface area contributed by atoms with Crippen molar-refractivity contribution in [3.8, 4) is 33.8 Å². The second-order valence-electron chi connectivity index (χ2n) is 8.50. The number of nitrogens with one attached hydrogen (secondary N) is 2. The molecule has 0 radical (unpaired) electrons. The van der Waals surface area contributed by atoms with E-state index in [9.17, 15) is 0 Å². The van der Waals surface area contributed by atoms with Gasteiger partial charge < -0.3 is 10.7 Å². The molecule has 0 saturated carbocycles. The Morgan fingerprint density at radius 3 is 2.78 bits per heavy atom. The lowest BCUT2D eigenvalue weighted by atomic mass is 10.1. The fourth-order valence-corrected chi connectivity index (χ4v) is 4.28. The predicted octanol–water partition coefficient (Wildman–Crippen LogP) is 5.41. The third kappa shape index (κ3) is 3.96. The highest BCUT2D eigenvalue weighted by molar-refractivity contribution is 5.99. The van der Waals surface area contributed by atoms with Crippen molar-refractivity contribution in [2.45, 2.75) is 19.8 Å². The summed E-state index contributed by atoms with van der Waals surface area (Å²) >= 11 is 0. The summed E-state index contributed by atoms with van der Waals surface area (Å²) in [5, 5.41) is 8.65. The molecule has 0 atom stereocenters. The summed E-state index contributed by atoms with van der Waals surface area (Å²) < 4.78 is 0. The van der Waals surface area contributed by atoms with Gasteiger partial charge in [-0.3, -0.25) is 15.1 Å². The first-order valence-electron chi connectivity index (χ1n) is 11.7. The number of amidine groups is 1. The number of rotatable bonds is 6. The molecule has 6 aromatic heterocycles. The lowest BCUT2D eigenvalue weighted by molar-refractivity contribution is 0.983. The van der Waals surface area contributed by atoms with E-state index in [-0.39, 0.29) is 0 Å². The molecule has 6 heterocycles. The van der Waals surface area contributed by atoms with Gasteiger partial charge >= 0.3 is 0 Å². The number of hydrogen-bond donors (Lipinski definition) is 3. The molecule has 0 aliphatic heterocycles. The lowest BCUT2D eigenvalue weighted by Crippen LogP contribution is -2.09. The summed E-state index contributed by atoms with van der Waals surface area (Å²) in [6, 6.07) is 13.9. The smallest absolute Gasteiger partial charge is 0.138 e. The Morgan fingerprint density at radius 1 is 1.00 bits per heavy atom. The molecule has 176 valence electrons. The van der Waals surface area contributed by atoms with E-state index in [2.05, 4.69) is 48.1 Å². The number of nitrogens with two attached hydrogens (primary N) is 1. The van der Waals surface area contributed by atoms with E-state index in [1.807, 2.05) is 42.6 Å². The molecule has 9 nitrogen and oxygen atoms in total. The summed E-state index contributed by atoms with van der Waals surface area (Å²) in [6.07, 6.45) is 10.6. The van der Waals surface area contributed by atoms with Crippen molar-refractivity contribution in [1.29, 1.82) is 0 Å². The van der Waals surface area contributed by atoms with Gasteiger partial charge in [0, 0.05) is 47.7 Å². The molecule has 0 amide bonds. The van der Waals surface area contributed by atoms with Crippen molar-refractivity contribution >= 4 is 33.6 Å². The lowest BCUT2D eigenvalue weighted by Gasteiger charge is -2.03. The Kier molecular flexibility index (Phi) is 5.42. The van der Waals surface area contributed by atoms with Crippen LogP contribution in [0.1, 0.15) is 19.8 Å². The van der Waals surface area contributed by atoms with Crippen LogP contribution in [0.15, 0.2) is 78.4 Å². The number of aromatic nitrogens is 7. The van der Waals surface area contributed by atoms with E-state index < -0.39 is 0 Å². The van der Waals surface area contributed by atoms with Crippen LogP contribution in [-0.4, -0.2) is 41.0 Å². The van der Waals surface area contributed by atoms with Crippen molar-refractivity contribution < 1.29 is 0 Å². The molecule has 0 aromatic carbocycles. The number of aromatic amines is 2. The van der Waals surface area contributed by atoms with Crippen LogP contribution in [0.4, 0.5) is 5.69 Å². The second kappa shape index (κ2) is 9.03. The minimum absolute atomic E-state index is 0.593. The van der Waals surface area contributed by atoms with Crippen LogP contribution in [0.2, 0.25) is 0 Å². The Labute approximate surface area is 206 Å². The van der Waals surface area contributed by atoms with Gasteiger partial charge in [-0.1, -0.05) is 13.0 Å². The summed E-state index contributed by atoms with van der Waals surface area (Å²) in [5.74, 6) is 0.593. The molecule has 0 spiro atoms. The normalized spacial score (nSPS) is 12.0. The number of H-pyrrole nitrogens is 2. The first-order chi connectivity index (χ1) is 17.7. The molecule has 4 N–H and O–H groups in total. The molecule has 6 rings (SSSR count). The first kappa shape index (κ1) is 21.6. The van der Waals surface area contributed by atoms with Crippen LogP contribution in [-0.2, 0) is 0 Å². The maximum Gasteiger partial charge on any atom is 0.138 e. The molecular formula is C27H23N9. The number of hydrogen-bond acceptors (Lipinski definition) is 6. The number of nitrogens with zero attached hydrogens (tertiary/aromatic N) is 6. The summed E-state index contributed by atoms with van der Waals surface area (Å²) in [6.45, 7) is 2.07. The van der Waals surface area contributed by atoms with Crippen LogP contribution in [0, 0.1) is 0 Å². The molecule has 0 aliphatic carbocycles. The monoisotopic (exact) mass is 473 g/mol. The van der Waals surface area contributed by atoms with Gasteiger partial charge in [-0.15, -0.1) is 0 Å². The summed E-state index contributed by atoms with van der Waals surface area (Å²) in [4.78, 5) is 25.9. The van der Waals surface area contributed by atoms with Gasteiger partial charge in [0.25, 0.3) is 0 Å². The highest BCUT2D eigenvalue weighted by Crippen LogP contribution is 2.33. The van der Waals surface area contributed by atoms with E-state index in [4.69, 9.17) is 10.7 Å². The molecule has 6 aromatic rings. The van der Waals surface area contributed by atoms with E-state index in [0.29, 0.717) is 11.5 Å². The zero-order chi connectivity index (χ0) is 24.5. The van der Waals surface area contributed by atoms with Crippen molar-refractivity contribution in [2.24, 2.45) is 10.7 Å². The zero-order valence-electron chi connectivity index (χ0n) is 19.6. The van der Waals surface area contributed by atoms with Gasteiger partial charge in [0.1, 0.15) is 16.9 Å². The van der Waals surface area contributed by atoms with Gasteiger partial charge in [0.2, 0.25) is 0 Å². The minimum Gasteiger partial charge on any atom is -0.387 e. The molecule has 0 fully saturated rings. The number of aliphatic imine (C=N–C) groups is 1. The molecular weight excluding hydrogens is 450 g/mol. The van der Waals surface area contributed by atoms with Crippen LogP contribution in [0.3, 0.4) is 0 Å². The topological polar surface area (TPSA) is 134 Å². The second-order valence-corrected chi connectivity index (χ2v) is 8.50. The maximum absolute atomic E-state index is 6.01. The Hall–Kier alpha value is -4.92. The van der Waals surface area contributed by atoms with E-state index in [1.54, 1.807) is 24.8 Å². The number of fused-ring (bicyclic) bond motifs is 2. The van der Waals surface area contributed by atoms with Crippen LogP contribution in [0.5, 0.6) is 0 Å². The van der Waals surface area contributed by atoms with Gasteiger partial charge in [-0.25, -0.2) is 15.0 Å². The minimum atomic E-state index is 0.593. The Bertz CT molecular complexity index is 1710. The van der Waals surface area contributed by atoms with E-state index in [1.165, 1.54) is 0 Å². The fourth-order valence-electron chi connectivity index (χ4n) is 4.28. The van der Waals surface area contributed by atoms with Crippen molar-refractivity contribution in [2.75, 3.05) is 0 Å². The standard InChI is InChI=1S/C27H23N9/c1-2-4-24(28)32-18-11-17(14-30-15-18)21-6-7-22-25(33-21)26(36-35-22)23-12-20-19(8-10-31-27(20)34-23)16-5-3-9-29-13-16/h3,5-15H,2,4H2,1H3,(H2,28,32)(H,31,34)(H,35,36). The quantitative estimate of drug-likeness (QED) is 0.219. The third-order valence-electron chi connectivity index (χ3n) is 5.97. The SMILES string of the molecule is CCCC(N)=Nc1cncc(-c2ccc3[nH]nc(-c4cc5c(-c6cccnc6)ccnc5[nH]4)c3n2)c1. The average molecular weight is 474 g/mol. The Balaban J connectivity index is 1.42. The largest absolute Gasteiger partial charge is 0.387 e. The maximum atomic E-state index is 6.01. The van der Waals surface area contributed by atoms with Gasteiger partial charge in [-0.2, -0.15) is 5.10 Å². The van der Waals surface area contributed by atoms with Crippen LogP contribution >= 0.6 is 0 Å². The van der Waals surface area contributed by atoms with Gasteiger partial charge in [0.15, 0.2) is 0 Å². The molecule has 36 heavy (non-hydrogen) atoms. The van der Waals surface area contributed by atoms with Crippen molar-refractivity contribution in [3.63, 3.8) is 0 Å². The molecule has 0 unspecified atom stereocenters. The summed E-state index contributed by atoms with van der Waals surface area (Å²) in [5.41, 5.74) is 14.3. The fraction of sp³-hybridized carbons (Fsp3) is 0.111. The first-order valence-corrected chi connectivity index (χ1v) is 11.7. The van der Waals surface area contributed by atoms with Crippen molar-refractivity contribution in [3.05, 3.63) is 73.4 Å². The predicted molar refractivity (Wildman–Crippen MR) is 142 cm³/mol. The van der Waals surface area contributed by atoms with E-state index >= 15 is 0 Å². The molecule has 0 saturated heterocycles. The highest BCUT2D eigenvalue weighted by Gasteiger charge is 2.16. The highest BCUT2D eigenvalue weighted by atomic mass is 15.1. The van der Waals surface area contributed by atoms with Gasteiger partial charge in [-0.05, 0) is 48.4 Å². The molecule has 0 bridgehead atoms. The zero-order valence-corrected chi connectivity index (χ0v) is 19.6. The average Bonchev–Trinajstić information content (AvgIpc) is 3.53. The van der Waals surface area contributed by atoms with Crippen molar-refractivity contribution in [1.82, 2.24) is 35.1 Å². The van der Waals surface area contributed by atoms with Crippen LogP contribution < -0.4 is 5.73 Å². The molecule has 9 heteroatoms.